The molecule has 2 aromatic heterocycles. The average Bonchev–Trinajstić information content (AvgIpc) is 2.85. The number of aromatic nitrogens is 3. The smallest absolute Gasteiger partial charge is 0.188 e. The monoisotopic (exact) mass is 275 g/mol. The third kappa shape index (κ3) is 3.08. The van der Waals surface area contributed by atoms with Crippen molar-refractivity contribution in [2.24, 2.45) is 0 Å². The molecule has 3 rings (SSSR count). The van der Waals surface area contributed by atoms with Crippen LogP contribution in [0.25, 0.3) is 0 Å². The van der Waals surface area contributed by atoms with Crippen LogP contribution in [0.5, 0.6) is 0 Å². The minimum atomic E-state index is 0.522. The minimum Gasteiger partial charge on any atom is -0.317 e. The Balaban J connectivity index is 1.75. The SMILES string of the molecule is Cc1cnc(Nc2cncc(C3CCNCC3)n2)s1. The van der Waals surface area contributed by atoms with Gasteiger partial charge in [0.15, 0.2) is 10.9 Å². The van der Waals surface area contributed by atoms with Crippen molar-refractivity contribution in [2.45, 2.75) is 25.7 Å². The number of nitrogens with zero attached hydrogens (tertiary/aromatic N) is 3. The van der Waals surface area contributed by atoms with E-state index in [2.05, 4.69) is 25.6 Å². The van der Waals surface area contributed by atoms with Crippen LogP contribution >= 0.6 is 11.3 Å². The Kier molecular flexibility index (Phi) is 3.70. The van der Waals surface area contributed by atoms with Crippen LogP contribution in [0.4, 0.5) is 10.9 Å². The lowest BCUT2D eigenvalue weighted by Gasteiger charge is -2.22. The molecular formula is C13H17N5S. The summed E-state index contributed by atoms with van der Waals surface area (Å²) in [4.78, 5) is 14.4. The lowest BCUT2D eigenvalue weighted by molar-refractivity contribution is 0.452. The highest BCUT2D eigenvalue weighted by Gasteiger charge is 2.17. The van der Waals surface area contributed by atoms with Gasteiger partial charge in [-0.25, -0.2) is 9.97 Å². The van der Waals surface area contributed by atoms with Crippen LogP contribution < -0.4 is 10.6 Å². The van der Waals surface area contributed by atoms with Gasteiger partial charge < -0.3 is 10.6 Å². The molecule has 19 heavy (non-hydrogen) atoms. The van der Waals surface area contributed by atoms with E-state index in [1.165, 1.54) is 4.88 Å². The summed E-state index contributed by atoms with van der Waals surface area (Å²) >= 11 is 1.62. The van der Waals surface area contributed by atoms with Gasteiger partial charge in [-0.15, -0.1) is 11.3 Å². The predicted molar refractivity (Wildman–Crippen MR) is 77.0 cm³/mol. The molecular weight excluding hydrogens is 258 g/mol. The second-order valence-electron chi connectivity index (χ2n) is 4.75. The molecule has 1 aliphatic rings. The van der Waals surface area contributed by atoms with Crippen molar-refractivity contribution < 1.29 is 0 Å². The first-order chi connectivity index (χ1) is 9.31. The highest BCUT2D eigenvalue weighted by atomic mass is 32.1. The van der Waals surface area contributed by atoms with E-state index in [0.29, 0.717) is 5.92 Å². The molecule has 100 valence electrons. The van der Waals surface area contributed by atoms with Crippen molar-refractivity contribution >= 4 is 22.3 Å². The van der Waals surface area contributed by atoms with E-state index in [1.807, 2.05) is 19.3 Å². The van der Waals surface area contributed by atoms with Crippen LogP contribution in [0.3, 0.4) is 0 Å². The second-order valence-corrected chi connectivity index (χ2v) is 5.99. The molecule has 5 nitrogen and oxygen atoms in total. The Morgan fingerprint density at radius 3 is 2.84 bits per heavy atom. The summed E-state index contributed by atoms with van der Waals surface area (Å²) in [5.74, 6) is 1.30. The van der Waals surface area contributed by atoms with Crippen LogP contribution in [-0.4, -0.2) is 28.0 Å². The van der Waals surface area contributed by atoms with Crippen molar-refractivity contribution in [3.8, 4) is 0 Å². The van der Waals surface area contributed by atoms with E-state index >= 15 is 0 Å². The summed E-state index contributed by atoms with van der Waals surface area (Å²) in [6, 6.07) is 0. The van der Waals surface area contributed by atoms with Crippen molar-refractivity contribution in [3.63, 3.8) is 0 Å². The molecule has 3 heterocycles. The van der Waals surface area contributed by atoms with Crippen LogP contribution in [0, 0.1) is 6.92 Å². The molecule has 0 atom stereocenters. The Morgan fingerprint density at radius 1 is 1.26 bits per heavy atom. The third-order valence-electron chi connectivity index (χ3n) is 3.27. The maximum absolute atomic E-state index is 4.67. The van der Waals surface area contributed by atoms with Gasteiger partial charge in [-0.3, -0.25) is 4.98 Å². The number of rotatable bonds is 3. The topological polar surface area (TPSA) is 62.7 Å². The van der Waals surface area contributed by atoms with Gasteiger partial charge in [0.1, 0.15) is 0 Å². The average molecular weight is 275 g/mol. The van der Waals surface area contributed by atoms with Crippen molar-refractivity contribution in [3.05, 3.63) is 29.2 Å². The molecule has 1 fully saturated rings. The highest BCUT2D eigenvalue weighted by molar-refractivity contribution is 7.15. The van der Waals surface area contributed by atoms with E-state index in [1.54, 1.807) is 17.5 Å². The maximum Gasteiger partial charge on any atom is 0.188 e. The van der Waals surface area contributed by atoms with Crippen molar-refractivity contribution in [1.29, 1.82) is 0 Å². The Hall–Kier alpha value is -1.53. The van der Waals surface area contributed by atoms with E-state index in [0.717, 1.165) is 42.6 Å². The molecule has 2 N–H and O–H groups in total. The maximum atomic E-state index is 4.67. The number of piperidine rings is 1. The third-order valence-corrected chi connectivity index (χ3v) is 4.10. The molecule has 0 spiro atoms. The number of anilines is 2. The quantitative estimate of drug-likeness (QED) is 0.901. The first-order valence-corrected chi connectivity index (χ1v) is 7.35. The summed E-state index contributed by atoms with van der Waals surface area (Å²) in [6.45, 7) is 4.17. The number of hydrogen-bond donors (Lipinski definition) is 2. The van der Waals surface area contributed by atoms with E-state index in [-0.39, 0.29) is 0 Å². The summed E-state index contributed by atoms with van der Waals surface area (Å²) in [5, 5.41) is 7.46. The van der Waals surface area contributed by atoms with Gasteiger partial charge in [-0.2, -0.15) is 0 Å². The Bertz CT molecular complexity index is 547. The molecule has 2 aromatic rings. The van der Waals surface area contributed by atoms with Crippen molar-refractivity contribution in [1.82, 2.24) is 20.3 Å². The van der Waals surface area contributed by atoms with E-state index in [9.17, 15) is 0 Å². The minimum absolute atomic E-state index is 0.522. The predicted octanol–water partition coefficient (Wildman–Crippen LogP) is 2.45. The molecule has 0 amide bonds. The molecule has 0 saturated carbocycles. The normalized spacial score (nSPS) is 16.5. The molecule has 1 saturated heterocycles. The zero-order valence-corrected chi connectivity index (χ0v) is 11.7. The van der Waals surface area contributed by atoms with Gasteiger partial charge >= 0.3 is 0 Å². The zero-order chi connectivity index (χ0) is 13.1. The Morgan fingerprint density at radius 2 is 2.11 bits per heavy atom. The van der Waals surface area contributed by atoms with Gasteiger partial charge in [-0.05, 0) is 32.9 Å². The number of nitrogens with one attached hydrogen (secondary N) is 2. The second kappa shape index (κ2) is 5.63. The van der Waals surface area contributed by atoms with E-state index < -0.39 is 0 Å². The summed E-state index contributed by atoms with van der Waals surface area (Å²) < 4.78 is 0. The van der Waals surface area contributed by atoms with Crippen LogP contribution in [0.1, 0.15) is 29.3 Å². The Labute approximate surface area is 116 Å². The van der Waals surface area contributed by atoms with Crippen LogP contribution in [-0.2, 0) is 0 Å². The molecule has 0 aliphatic carbocycles. The van der Waals surface area contributed by atoms with Gasteiger partial charge in [0.25, 0.3) is 0 Å². The summed E-state index contributed by atoms with van der Waals surface area (Å²) in [6.07, 6.45) is 7.76. The number of aryl methyl sites for hydroxylation is 1. The first-order valence-electron chi connectivity index (χ1n) is 6.53. The number of thiazole rings is 1. The molecule has 0 radical (unpaired) electrons. The standard InChI is InChI=1S/C13H17N5S/c1-9-6-16-13(19-9)18-12-8-15-7-11(17-12)10-2-4-14-5-3-10/h6-8,10,14H,2-5H2,1H3,(H,16,17,18). The lowest BCUT2D eigenvalue weighted by Crippen LogP contribution is -2.27. The largest absolute Gasteiger partial charge is 0.317 e. The molecule has 0 aromatic carbocycles. The van der Waals surface area contributed by atoms with Crippen LogP contribution in [0.2, 0.25) is 0 Å². The fraction of sp³-hybridized carbons (Fsp3) is 0.462. The first kappa shape index (κ1) is 12.5. The van der Waals surface area contributed by atoms with Crippen LogP contribution in [0.15, 0.2) is 18.6 Å². The molecule has 0 bridgehead atoms. The summed E-state index contributed by atoms with van der Waals surface area (Å²) in [7, 11) is 0. The molecule has 1 aliphatic heterocycles. The lowest BCUT2D eigenvalue weighted by atomic mass is 9.95. The van der Waals surface area contributed by atoms with Gasteiger partial charge in [0.2, 0.25) is 0 Å². The van der Waals surface area contributed by atoms with Gasteiger partial charge in [0.05, 0.1) is 11.9 Å². The molecule has 6 heteroatoms. The fourth-order valence-electron chi connectivity index (χ4n) is 2.28. The number of hydrogen-bond acceptors (Lipinski definition) is 6. The summed E-state index contributed by atoms with van der Waals surface area (Å²) in [5.41, 5.74) is 1.08. The fourth-order valence-corrected chi connectivity index (χ4v) is 2.95. The molecule has 0 unspecified atom stereocenters. The van der Waals surface area contributed by atoms with Gasteiger partial charge in [-0.1, -0.05) is 0 Å². The van der Waals surface area contributed by atoms with E-state index in [4.69, 9.17) is 0 Å². The highest BCUT2D eigenvalue weighted by Crippen LogP contribution is 2.25. The zero-order valence-electron chi connectivity index (χ0n) is 10.9. The van der Waals surface area contributed by atoms with Gasteiger partial charge in [0, 0.05) is 23.2 Å². The van der Waals surface area contributed by atoms with Crippen molar-refractivity contribution in [2.75, 3.05) is 18.4 Å².